The first-order valence-corrected chi connectivity index (χ1v) is 7.43. The minimum Gasteiger partial charge on any atom is -0.366 e. The highest BCUT2D eigenvalue weighted by Crippen LogP contribution is 2.30. The van der Waals surface area contributed by atoms with Gasteiger partial charge in [-0.05, 0) is 12.1 Å². The summed E-state index contributed by atoms with van der Waals surface area (Å²) in [7, 11) is 0. The zero-order chi connectivity index (χ0) is 13.7. The number of ether oxygens (including phenoxy) is 1. The van der Waals surface area contributed by atoms with Gasteiger partial charge in [0, 0.05) is 23.2 Å². The molecule has 1 aromatic rings. The summed E-state index contributed by atoms with van der Waals surface area (Å²) in [4.78, 5) is 13.2. The Labute approximate surface area is 130 Å². The summed E-state index contributed by atoms with van der Waals surface area (Å²) in [5, 5.41) is 6.60. The lowest BCUT2D eigenvalue weighted by atomic mass is 10.2. The molecule has 4 nitrogen and oxygen atoms in total. The van der Waals surface area contributed by atoms with Gasteiger partial charge >= 0.3 is 0 Å². The fourth-order valence-electron chi connectivity index (χ4n) is 1.87. The van der Waals surface area contributed by atoms with E-state index in [2.05, 4.69) is 24.5 Å². The fourth-order valence-corrected chi connectivity index (χ4v) is 2.78. The van der Waals surface area contributed by atoms with Crippen molar-refractivity contribution in [2.75, 3.05) is 25.0 Å². The SMILES string of the molecule is CC(C)Sc1ccccc1NC(=O)C1CNCCO1.Cl. The van der Waals surface area contributed by atoms with Crippen molar-refractivity contribution in [3.05, 3.63) is 24.3 Å². The molecule has 1 unspecified atom stereocenters. The van der Waals surface area contributed by atoms with Gasteiger partial charge in [-0.1, -0.05) is 26.0 Å². The van der Waals surface area contributed by atoms with E-state index in [9.17, 15) is 4.79 Å². The summed E-state index contributed by atoms with van der Waals surface area (Å²) in [6.07, 6.45) is -0.397. The number of hydrogen-bond donors (Lipinski definition) is 2. The van der Waals surface area contributed by atoms with E-state index < -0.39 is 6.10 Å². The van der Waals surface area contributed by atoms with Crippen LogP contribution in [0.15, 0.2) is 29.2 Å². The van der Waals surface area contributed by atoms with Crippen molar-refractivity contribution < 1.29 is 9.53 Å². The quantitative estimate of drug-likeness (QED) is 0.838. The minimum atomic E-state index is -0.397. The van der Waals surface area contributed by atoms with Crippen LogP contribution in [0, 0.1) is 0 Å². The van der Waals surface area contributed by atoms with Crippen LogP contribution in [0.25, 0.3) is 0 Å². The number of thioether (sulfide) groups is 1. The van der Waals surface area contributed by atoms with Gasteiger partial charge in [-0.3, -0.25) is 4.79 Å². The minimum absolute atomic E-state index is 0. The molecule has 2 rings (SSSR count). The van der Waals surface area contributed by atoms with Gasteiger partial charge in [-0.15, -0.1) is 24.2 Å². The second-order valence-corrected chi connectivity index (χ2v) is 6.33. The summed E-state index contributed by atoms with van der Waals surface area (Å²) in [6, 6.07) is 7.87. The number of rotatable bonds is 4. The molecule has 2 N–H and O–H groups in total. The first-order valence-electron chi connectivity index (χ1n) is 6.55. The second-order valence-electron chi connectivity index (χ2n) is 4.72. The topological polar surface area (TPSA) is 50.4 Å². The van der Waals surface area contributed by atoms with Crippen LogP contribution in [0.1, 0.15) is 13.8 Å². The predicted octanol–water partition coefficient (Wildman–Crippen LogP) is 2.54. The molecule has 0 spiro atoms. The number of nitrogens with one attached hydrogen (secondary N) is 2. The molecule has 112 valence electrons. The van der Waals surface area contributed by atoms with Gasteiger partial charge in [-0.2, -0.15) is 0 Å². The third-order valence-electron chi connectivity index (χ3n) is 2.73. The lowest BCUT2D eigenvalue weighted by molar-refractivity contribution is -0.128. The van der Waals surface area contributed by atoms with Crippen molar-refractivity contribution >= 4 is 35.8 Å². The Bertz CT molecular complexity index is 437. The van der Waals surface area contributed by atoms with Crippen molar-refractivity contribution in [3.63, 3.8) is 0 Å². The first-order chi connectivity index (χ1) is 9.16. The number of carbonyl (C=O) groups excluding carboxylic acids is 1. The van der Waals surface area contributed by atoms with Gasteiger partial charge in [0.05, 0.1) is 12.3 Å². The van der Waals surface area contributed by atoms with Crippen LogP contribution in [0.5, 0.6) is 0 Å². The number of amides is 1. The fraction of sp³-hybridized carbons (Fsp3) is 0.500. The summed E-state index contributed by atoms with van der Waals surface area (Å²) >= 11 is 1.74. The van der Waals surface area contributed by atoms with Gasteiger partial charge in [0.15, 0.2) is 0 Å². The average Bonchev–Trinajstić information content (AvgIpc) is 2.41. The molecular formula is C14H21ClN2O2S. The normalized spacial score (nSPS) is 18.4. The van der Waals surface area contributed by atoms with Crippen LogP contribution < -0.4 is 10.6 Å². The molecule has 1 fully saturated rings. The van der Waals surface area contributed by atoms with Crippen molar-refractivity contribution in [1.29, 1.82) is 0 Å². The molecule has 1 amide bonds. The maximum atomic E-state index is 12.1. The molecule has 0 aliphatic carbocycles. The molecule has 1 heterocycles. The van der Waals surface area contributed by atoms with Crippen LogP contribution in [0.2, 0.25) is 0 Å². The highest BCUT2D eigenvalue weighted by Gasteiger charge is 2.22. The molecule has 20 heavy (non-hydrogen) atoms. The number of hydrogen-bond acceptors (Lipinski definition) is 4. The number of para-hydroxylation sites is 1. The van der Waals surface area contributed by atoms with Crippen molar-refractivity contribution in [2.45, 2.75) is 30.1 Å². The molecule has 0 radical (unpaired) electrons. The Hall–Kier alpha value is -0.750. The number of morpholine rings is 1. The van der Waals surface area contributed by atoms with E-state index in [1.807, 2.05) is 24.3 Å². The van der Waals surface area contributed by atoms with E-state index in [1.54, 1.807) is 11.8 Å². The van der Waals surface area contributed by atoms with E-state index in [0.29, 0.717) is 18.4 Å². The summed E-state index contributed by atoms with van der Waals surface area (Å²) in [6.45, 7) is 6.24. The largest absolute Gasteiger partial charge is 0.366 e. The molecule has 1 aliphatic rings. The summed E-state index contributed by atoms with van der Waals surface area (Å²) in [5.41, 5.74) is 0.861. The molecule has 0 bridgehead atoms. The monoisotopic (exact) mass is 316 g/mol. The van der Waals surface area contributed by atoms with Crippen LogP contribution in [-0.2, 0) is 9.53 Å². The van der Waals surface area contributed by atoms with Gasteiger partial charge in [0.25, 0.3) is 5.91 Å². The second kappa shape index (κ2) is 8.52. The van der Waals surface area contributed by atoms with E-state index in [-0.39, 0.29) is 18.3 Å². The molecule has 1 aliphatic heterocycles. The lowest BCUT2D eigenvalue weighted by Crippen LogP contribution is -2.45. The highest BCUT2D eigenvalue weighted by molar-refractivity contribution is 8.00. The molecule has 0 aromatic heterocycles. The third-order valence-corrected chi connectivity index (χ3v) is 3.81. The smallest absolute Gasteiger partial charge is 0.254 e. The lowest BCUT2D eigenvalue weighted by Gasteiger charge is -2.23. The van der Waals surface area contributed by atoms with E-state index in [0.717, 1.165) is 17.1 Å². The van der Waals surface area contributed by atoms with Crippen molar-refractivity contribution in [2.24, 2.45) is 0 Å². The summed E-state index contributed by atoms with van der Waals surface area (Å²) < 4.78 is 5.45. The number of anilines is 1. The van der Waals surface area contributed by atoms with E-state index >= 15 is 0 Å². The Balaban J connectivity index is 0.00000200. The van der Waals surface area contributed by atoms with Crippen LogP contribution in [0.3, 0.4) is 0 Å². The van der Waals surface area contributed by atoms with Crippen molar-refractivity contribution in [1.82, 2.24) is 5.32 Å². The highest BCUT2D eigenvalue weighted by atomic mass is 35.5. The van der Waals surface area contributed by atoms with Gasteiger partial charge in [-0.25, -0.2) is 0 Å². The average molecular weight is 317 g/mol. The van der Waals surface area contributed by atoms with Crippen LogP contribution in [-0.4, -0.2) is 37.0 Å². The van der Waals surface area contributed by atoms with E-state index in [1.165, 1.54) is 0 Å². The molecule has 1 aromatic carbocycles. The Morgan fingerprint density at radius 2 is 2.20 bits per heavy atom. The van der Waals surface area contributed by atoms with Gasteiger partial charge < -0.3 is 15.4 Å². The van der Waals surface area contributed by atoms with Crippen LogP contribution >= 0.6 is 24.2 Å². The summed E-state index contributed by atoms with van der Waals surface area (Å²) in [5.74, 6) is -0.0796. The Morgan fingerprint density at radius 1 is 1.45 bits per heavy atom. The maximum absolute atomic E-state index is 12.1. The Morgan fingerprint density at radius 3 is 2.85 bits per heavy atom. The zero-order valence-electron chi connectivity index (χ0n) is 11.7. The van der Waals surface area contributed by atoms with E-state index in [4.69, 9.17) is 4.74 Å². The molecular weight excluding hydrogens is 296 g/mol. The van der Waals surface area contributed by atoms with Gasteiger partial charge in [0.2, 0.25) is 0 Å². The molecule has 1 atom stereocenters. The number of carbonyl (C=O) groups is 1. The molecule has 6 heteroatoms. The number of halogens is 1. The third kappa shape index (κ3) is 4.98. The molecule has 1 saturated heterocycles. The maximum Gasteiger partial charge on any atom is 0.254 e. The molecule has 0 saturated carbocycles. The van der Waals surface area contributed by atoms with Crippen molar-refractivity contribution in [3.8, 4) is 0 Å². The number of benzene rings is 1. The Kier molecular flexibility index (Phi) is 7.37. The van der Waals surface area contributed by atoms with Gasteiger partial charge in [0.1, 0.15) is 6.10 Å². The zero-order valence-corrected chi connectivity index (χ0v) is 13.4. The first kappa shape index (κ1) is 17.3. The van der Waals surface area contributed by atoms with Crippen LogP contribution in [0.4, 0.5) is 5.69 Å². The standard InChI is InChI=1S/C14H20N2O2S.ClH/c1-10(2)19-13-6-4-3-5-11(13)16-14(17)12-9-15-7-8-18-12;/h3-6,10,12,15H,7-9H2,1-2H3,(H,16,17);1H. The predicted molar refractivity (Wildman–Crippen MR) is 85.9 cm³/mol.